The van der Waals surface area contributed by atoms with Crippen LogP contribution >= 0.6 is 0 Å². The van der Waals surface area contributed by atoms with Crippen molar-refractivity contribution >= 4 is 17.6 Å². The molecule has 1 aliphatic heterocycles. The highest BCUT2D eigenvalue weighted by atomic mass is 16.6. The first-order valence-electron chi connectivity index (χ1n) is 9.27. The first-order valence-corrected chi connectivity index (χ1v) is 9.27. The number of fused-ring (bicyclic) bond motifs is 2. The fourth-order valence-corrected chi connectivity index (χ4v) is 3.29. The highest BCUT2D eigenvalue weighted by Crippen LogP contribution is 2.32. The van der Waals surface area contributed by atoms with Gasteiger partial charge in [-0.1, -0.05) is 6.07 Å². The molecule has 1 N–H and O–H groups in total. The van der Waals surface area contributed by atoms with E-state index in [9.17, 15) is 9.59 Å². The van der Waals surface area contributed by atoms with E-state index in [1.807, 2.05) is 18.2 Å². The Bertz CT molecular complexity index is 894. The Morgan fingerprint density at radius 2 is 1.75 bits per heavy atom. The average molecular weight is 383 g/mol. The van der Waals surface area contributed by atoms with Gasteiger partial charge in [0, 0.05) is 11.8 Å². The molecule has 2 aromatic rings. The second-order valence-electron chi connectivity index (χ2n) is 6.64. The Kier molecular flexibility index (Phi) is 5.32. The molecule has 1 heterocycles. The summed E-state index contributed by atoms with van der Waals surface area (Å²) in [5, 5.41) is 2.66. The molecule has 1 amide bonds. The zero-order chi connectivity index (χ0) is 19.3. The van der Waals surface area contributed by atoms with Crippen molar-refractivity contribution in [3.05, 3.63) is 47.5 Å². The molecule has 28 heavy (non-hydrogen) atoms. The lowest BCUT2D eigenvalue weighted by Crippen LogP contribution is -2.24. The monoisotopic (exact) mass is 383 g/mol. The molecular formula is C21H21NO6. The van der Waals surface area contributed by atoms with Crippen molar-refractivity contribution < 1.29 is 28.5 Å². The van der Waals surface area contributed by atoms with Gasteiger partial charge in [0.1, 0.15) is 19.0 Å². The van der Waals surface area contributed by atoms with Crippen LogP contribution in [0.15, 0.2) is 36.4 Å². The Hall–Kier alpha value is -3.22. The lowest BCUT2D eigenvalue weighted by Gasteiger charge is -2.19. The summed E-state index contributed by atoms with van der Waals surface area (Å²) in [6, 6.07) is 10.9. The van der Waals surface area contributed by atoms with Gasteiger partial charge in [-0.25, -0.2) is 4.79 Å². The Balaban J connectivity index is 1.21. The van der Waals surface area contributed by atoms with Crippen molar-refractivity contribution in [2.45, 2.75) is 19.3 Å². The topological polar surface area (TPSA) is 83.1 Å². The van der Waals surface area contributed by atoms with Crippen LogP contribution in [0, 0.1) is 0 Å². The fraction of sp³-hybridized carbons (Fsp3) is 0.333. The van der Waals surface area contributed by atoms with Gasteiger partial charge in [-0.2, -0.15) is 0 Å². The Morgan fingerprint density at radius 3 is 2.64 bits per heavy atom. The van der Waals surface area contributed by atoms with E-state index in [0.29, 0.717) is 36.1 Å². The van der Waals surface area contributed by atoms with Gasteiger partial charge in [0.05, 0.1) is 0 Å². The lowest BCUT2D eigenvalue weighted by atomic mass is 10.1. The molecule has 0 fully saturated rings. The number of aryl methyl sites for hydroxylation is 2. The maximum atomic E-state index is 12.0. The molecule has 0 unspecified atom stereocenters. The van der Waals surface area contributed by atoms with Crippen molar-refractivity contribution in [2.75, 3.05) is 31.7 Å². The lowest BCUT2D eigenvalue weighted by molar-refractivity contribution is -0.149. The normalized spacial score (nSPS) is 14.1. The number of hydrogen-bond acceptors (Lipinski definition) is 6. The Labute approximate surface area is 162 Å². The van der Waals surface area contributed by atoms with Crippen molar-refractivity contribution in [3.8, 4) is 17.2 Å². The second kappa shape index (κ2) is 8.21. The minimum absolute atomic E-state index is 0.240. The molecule has 0 aromatic heterocycles. The van der Waals surface area contributed by atoms with Gasteiger partial charge >= 0.3 is 5.97 Å². The molecule has 0 spiro atoms. The van der Waals surface area contributed by atoms with Crippen LogP contribution in [-0.2, 0) is 27.2 Å². The van der Waals surface area contributed by atoms with Gasteiger partial charge in [-0.3, -0.25) is 4.79 Å². The molecular weight excluding hydrogens is 362 g/mol. The van der Waals surface area contributed by atoms with Gasteiger partial charge in [-0.15, -0.1) is 0 Å². The standard InChI is InChI=1S/C21H21NO6/c23-20(22-16-5-7-18-19(11-16)26-9-8-25-18)12-28-21(24)13-27-17-6-4-14-2-1-3-15(14)10-17/h4-7,10-11H,1-3,8-9,12-13H2,(H,22,23). The van der Waals surface area contributed by atoms with Crippen LogP contribution in [0.4, 0.5) is 5.69 Å². The molecule has 0 radical (unpaired) electrons. The highest BCUT2D eigenvalue weighted by molar-refractivity contribution is 5.93. The summed E-state index contributed by atoms with van der Waals surface area (Å²) in [4.78, 5) is 23.8. The quantitative estimate of drug-likeness (QED) is 0.772. The molecule has 2 aliphatic rings. The van der Waals surface area contributed by atoms with Crippen molar-refractivity contribution in [1.82, 2.24) is 0 Å². The predicted octanol–water partition coefficient (Wildman–Crippen LogP) is 2.51. The first-order chi connectivity index (χ1) is 13.7. The molecule has 4 rings (SSSR count). The first kappa shape index (κ1) is 18.2. The van der Waals surface area contributed by atoms with E-state index >= 15 is 0 Å². The molecule has 146 valence electrons. The molecule has 1 aliphatic carbocycles. The maximum absolute atomic E-state index is 12.0. The van der Waals surface area contributed by atoms with Crippen LogP contribution in [0.1, 0.15) is 17.5 Å². The molecule has 2 aromatic carbocycles. The smallest absolute Gasteiger partial charge is 0.344 e. The van der Waals surface area contributed by atoms with Crippen LogP contribution in [0.25, 0.3) is 0 Å². The number of ether oxygens (including phenoxy) is 4. The van der Waals surface area contributed by atoms with Crippen LogP contribution in [0.5, 0.6) is 17.2 Å². The third-order valence-electron chi connectivity index (χ3n) is 4.62. The van der Waals surface area contributed by atoms with Crippen molar-refractivity contribution in [1.29, 1.82) is 0 Å². The minimum atomic E-state index is -0.599. The molecule has 0 saturated carbocycles. The van der Waals surface area contributed by atoms with E-state index < -0.39 is 11.9 Å². The largest absolute Gasteiger partial charge is 0.486 e. The number of esters is 1. The predicted molar refractivity (Wildman–Crippen MR) is 101 cm³/mol. The van der Waals surface area contributed by atoms with Crippen molar-refractivity contribution in [3.63, 3.8) is 0 Å². The summed E-state index contributed by atoms with van der Waals surface area (Å²) in [5.74, 6) is 0.807. The van der Waals surface area contributed by atoms with E-state index in [1.165, 1.54) is 11.1 Å². The zero-order valence-electron chi connectivity index (χ0n) is 15.4. The summed E-state index contributed by atoms with van der Waals surface area (Å²) in [7, 11) is 0. The summed E-state index contributed by atoms with van der Waals surface area (Å²) in [6.45, 7) is 0.339. The number of anilines is 1. The number of benzene rings is 2. The summed E-state index contributed by atoms with van der Waals surface area (Å²) >= 11 is 0. The number of amides is 1. The van der Waals surface area contributed by atoms with Crippen molar-refractivity contribution in [2.24, 2.45) is 0 Å². The van der Waals surface area contributed by atoms with E-state index in [2.05, 4.69) is 5.32 Å². The zero-order valence-corrected chi connectivity index (χ0v) is 15.4. The summed E-state index contributed by atoms with van der Waals surface area (Å²) in [6.07, 6.45) is 3.28. The average Bonchev–Trinajstić information content (AvgIpc) is 3.18. The number of rotatable bonds is 6. The SMILES string of the molecule is O=C(COC(=O)COc1ccc2c(c1)CCC2)Nc1ccc2c(c1)OCCO2. The van der Waals surface area contributed by atoms with Gasteiger partial charge < -0.3 is 24.3 Å². The highest BCUT2D eigenvalue weighted by Gasteiger charge is 2.15. The summed E-state index contributed by atoms with van der Waals surface area (Å²) in [5.41, 5.74) is 3.15. The molecule has 0 atom stereocenters. The van der Waals surface area contributed by atoms with Crippen LogP contribution in [0.2, 0.25) is 0 Å². The Morgan fingerprint density at radius 1 is 0.929 bits per heavy atom. The number of hydrogen-bond donors (Lipinski definition) is 1. The van der Waals surface area contributed by atoms with Crippen LogP contribution in [-0.4, -0.2) is 38.3 Å². The molecule has 0 bridgehead atoms. The van der Waals surface area contributed by atoms with E-state index in [0.717, 1.165) is 19.3 Å². The minimum Gasteiger partial charge on any atom is -0.486 e. The van der Waals surface area contributed by atoms with E-state index in [1.54, 1.807) is 18.2 Å². The second-order valence-corrected chi connectivity index (χ2v) is 6.64. The third kappa shape index (κ3) is 4.36. The fourth-order valence-electron chi connectivity index (χ4n) is 3.29. The molecule has 7 nitrogen and oxygen atoms in total. The third-order valence-corrected chi connectivity index (χ3v) is 4.62. The molecule has 7 heteroatoms. The number of nitrogens with one attached hydrogen (secondary N) is 1. The van der Waals surface area contributed by atoms with E-state index in [-0.39, 0.29) is 13.2 Å². The molecule has 0 saturated heterocycles. The van der Waals surface area contributed by atoms with Gasteiger partial charge in [-0.05, 0) is 54.7 Å². The number of carbonyl (C=O) groups is 2. The van der Waals surface area contributed by atoms with Gasteiger partial charge in [0.2, 0.25) is 0 Å². The maximum Gasteiger partial charge on any atom is 0.344 e. The summed E-state index contributed by atoms with van der Waals surface area (Å²) < 4.78 is 21.3. The van der Waals surface area contributed by atoms with Crippen LogP contribution < -0.4 is 19.5 Å². The number of carbonyl (C=O) groups excluding carboxylic acids is 2. The van der Waals surface area contributed by atoms with Crippen LogP contribution in [0.3, 0.4) is 0 Å². The van der Waals surface area contributed by atoms with E-state index in [4.69, 9.17) is 18.9 Å². The van der Waals surface area contributed by atoms with Gasteiger partial charge in [0.15, 0.2) is 24.7 Å². The van der Waals surface area contributed by atoms with Gasteiger partial charge in [0.25, 0.3) is 5.91 Å².